The van der Waals surface area contributed by atoms with E-state index >= 15 is 0 Å². The average Bonchev–Trinajstić information content (AvgIpc) is 2.07. The SMILES string of the molecule is O=C1NNc2ncnc(Cl)c2N1. The number of fused-ring (bicyclic) bond motifs is 1. The lowest BCUT2D eigenvalue weighted by molar-refractivity contribution is 0.253. The number of hydrogen-bond donors (Lipinski definition) is 3. The molecule has 0 radical (unpaired) electrons. The maximum Gasteiger partial charge on any atom is 0.338 e. The summed E-state index contributed by atoms with van der Waals surface area (Å²) in [6.07, 6.45) is 1.30. The third-order valence-corrected chi connectivity index (χ3v) is 1.62. The van der Waals surface area contributed by atoms with Crippen LogP contribution in [0.3, 0.4) is 0 Å². The Bertz CT molecular complexity index is 341. The number of nitrogens with one attached hydrogen (secondary N) is 3. The lowest BCUT2D eigenvalue weighted by Gasteiger charge is -2.18. The van der Waals surface area contributed by atoms with Crippen LogP contribution in [0.25, 0.3) is 0 Å². The van der Waals surface area contributed by atoms with Crippen LogP contribution in [0.2, 0.25) is 5.15 Å². The average molecular weight is 186 g/mol. The van der Waals surface area contributed by atoms with Crippen molar-refractivity contribution in [2.75, 3.05) is 10.7 Å². The quantitative estimate of drug-likeness (QED) is 0.517. The Kier molecular flexibility index (Phi) is 1.47. The van der Waals surface area contributed by atoms with Crippen LogP contribution in [0.5, 0.6) is 0 Å². The van der Waals surface area contributed by atoms with Gasteiger partial charge in [0.05, 0.1) is 0 Å². The van der Waals surface area contributed by atoms with Crippen molar-refractivity contribution in [2.24, 2.45) is 0 Å². The van der Waals surface area contributed by atoms with Gasteiger partial charge in [0, 0.05) is 0 Å². The summed E-state index contributed by atoms with van der Waals surface area (Å²) in [5, 5.41) is 2.67. The number of urea groups is 1. The second-order valence-electron chi connectivity index (χ2n) is 2.09. The van der Waals surface area contributed by atoms with Crippen LogP contribution < -0.4 is 16.2 Å². The maximum atomic E-state index is 10.8. The molecule has 1 aliphatic rings. The lowest BCUT2D eigenvalue weighted by Crippen LogP contribution is -2.38. The van der Waals surface area contributed by atoms with Crippen molar-refractivity contribution >= 4 is 29.1 Å². The molecule has 0 saturated carbocycles. The van der Waals surface area contributed by atoms with Gasteiger partial charge >= 0.3 is 6.03 Å². The van der Waals surface area contributed by atoms with E-state index in [-0.39, 0.29) is 11.2 Å². The van der Waals surface area contributed by atoms with E-state index in [1.807, 2.05) is 0 Å². The van der Waals surface area contributed by atoms with Crippen LogP contribution in [0, 0.1) is 0 Å². The van der Waals surface area contributed by atoms with E-state index in [0.29, 0.717) is 11.5 Å². The number of amides is 2. The maximum absolute atomic E-state index is 10.8. The summed E-state index contributed by atoms with van der Waals surface area (Å²) >= 11 is 5.67. The standard InChI is InChI=1S/C5H4ClN5O/c6-3-2-4(8-1-7-3)10-11-5(12)9-2/h1H,(H,7,8,10)(H2,9,11,12). The number of aromatic nitrogens is 2. The summed E-state index contributed by atoms with van der Waals surface area (Å²) in [5.41, 5.74) is 5.26. The molecule has 1 aromatic rings. The second kappa shape index (κ2) is 2.49. The summed E-state index contributed by atoms with van der Waals surface area (Å²) in [6.45, 7) is 0. The number of carbonyl (C=O) groups excluding carboxylic acids is 1. The number of hydrazine groups is 1. The number of carbonyl (C=O) groups is 1. The smallest absolute Gasteiger partial charge is 0.301 e. The predicted octanol–water partition coefficient (Wildman–Crippen LogP) is 0.592. The van der Waals surface area contributed by atoms with Gasteiger partial charge in [0.25, 0.3) is 0 Å². The number of halogens is 1. The van der Waals surface area contributed by atoms with E-state index in [9.17, 15) is 4.79 Å². The lowest BCUT2D eigenvalue weighted by atomic mass is 10.4. The number of anilines is 2. The highest BCUT2D eigenvalue weighted by Crippen LogP contribution is 2.26. The monoisotopic (exact) mass is 185 g/mol. The highest BCUT2D eigenvalue weighted by molar-refractivity contribution is 6.33. The molecule has 1 aliphatic heterocycles. The van der Waals surface area contributed by atoms with Crippen molar-refractivity contribution in [3.05, 3.63) is 11.5 Å². The molecular formula is C5H4ClN5O. The molecule has 2 heterocycles. The van der Waals surface area contributed by atoms with Crippen LogP contribution in [-0.2, 0) is 0 Å². The number of nitrogens with zero attached hydrogens (tertiary/aromatic N) is 2. The van der Waals surface area contributed by atoms with E-state index in [1.165, 1.54) is 6.33 Å². The van der Waals surface area contributed by atoms with Crippen molar-refractivity contribution in [1.29, 1.82) is 0 Å². The molecule has 0 aromatic carbocycles. The Morgan fingerprint density at radius 1 is 1.33 bits per heavy atom. The zero-order valence-corrected chi connectivity index (χ0v) is 6.51. The van der Waals surface area contributed by atoms with Gasteiger partial charge in [0.2, 0.25) is 0 Å². The largest absolute Gasteiger partial charge is 0.338 e. The third-order valence-electron chi connectivity index (χ3n) is 1.33. The third kappa shape index (κ3) is 1.02. The van der Waals surface area contributed by atoms with Gasteiger partial charge in [0.1, 0.15) is 12.0 Å². The molecule has 2 amide bonds. The van der Waals surface area contributed by atoms with E-state index < -0.39 is 0 Å². The minimum absolute atomic E-state index is 0.211. The number of hydrogen-bond acceptors (Lipinski definition) is 4. The van der Waals surface area contributed by atoms with Gasteiger partial charge in [-0.1, -0.05) is 11.6 Å². The first-order chi connectivity index (χ1) is 5.77. The summed E-state index contributed by atoms with van der Waals surface area (Å²) in [5.74, 6) is 0.453. The van der Waals surface area contributed by atoms with Crippen molar-refractivity contribution < 1.29 is 4.79 Å². The Morgan fingerprint density at radius 2 is 2.17 bits per heavy atom. The van der Waals surface area contributed by atoms with Gasteiger partial charge in [0.15, 0.2) is 11.0 Å². The van der Waals surface area contributed by atoms with Crippen molar-refractivity contribution in [2.45, 2.75) is 0 Å². The highest BCUT2D eigenvalue weighted by Gasteiger charge is 2.17. The van der Waals surface area contributed by atoms with E-state index in [4.69, 9.17) is 11.6 Å². The van der Waals surface area contributed by atoms with Gasteiger partial charge in [-0.25, -0.2) is 20.2 Å². The highest BCUT2D eigenvalue weighted by atomic mass is 35.5. The Labute approximate surface area is 72.3 Å². The molecule has 3 N–H and O–H groups in total. The molecule has 0 unspecified atom stereocenters. The van der Waals surface area contributed by atoms with Crippen LogP contribution in [-0.4, -0.2) is 16.0 Å². The fourth-order valence-electron chi connectivity index (χ4n) is 0.830. The summed E-state index contributed by atoms with van der Waals surface area (Å²) in [4.78, 5) is 18.3. The first-order valence-electron chi connectivity index (χ1n) is 3.11. The minimum Gasteiger partial charge on any atom is -0.301 e. The van der Waals surface area contributed by atoms with E-state index in [1.54, 1.807) is 0 Å². The fourth-order valence-corrected chi connectivity index (χ4v) is 1.01. The van der Waals surface area contributed by atoms with Crippen LogP contribution in [0.4, 0.5) is 16.3 Å². The molecule has 0 saturated heterocycles. The molecule has 0 spiro atoms. The molecule has 6 nitrogen and oxygen atoms in total. The molecule has 0 aliphatic carbocycles. The zero-order valence-electron chi connectivity index (χ0n) is 5.76. The predicted molar refractivity (Wildman–Crippen MR) is 42.8 cm³/mol. The van der Waals surface area contributed by atoms with Gasteiger partial charge in [-0.3, -0.25) is 5.43 Å². The van der Waals surface area contributed by atoms with Crippen molar-refractivity contribution in [3.63, 3.8) is 0 Å². The van der Waals surface area contributed by atoms with Gasteiger partial charge < -0.3 is 5.32 Å². The first kappa shape index (κ1) is 7.11. The Balaban J connectivity index is 2.50. The van der Waals surface area contributed by atoms with Crippen molar-refractivity contribution in [1.82, 2.24) is 15.4 Å². The summed E-state index contributed by atoms with van der Waals surface area (Å²) in [7, 11) is 0. The molecule has 1 aromatic heterocycles. The Hall–Kier alpha value is -1.56. The first-order valence-corrected chi connectivity index (χ1v) is 3.48. The second-order valence-corrected chi connectivity index (χ2v) is 2.45. The Morgan fingerprint density at radius 3 is 3.00 bits per heavy atom. The van der Waals surface area contributed by atoms with Gasteiger partial charge in [-0.2, -0.15) is 0 Å². The normalized spacial score (nSPS) is 13.9. The van der Waals surface area contributed by atoms with Gasteiger partial charge in [-0.15, -0.1) is 0 Å². The van der Waals surface area contributed by atoms with Crippen LogP contribution in [0.15, 0.2) is 6.33 Å². The van der Waals surface area contributed by atoms with E-state index in [0.717, 1.165) is 0 Å². The molecule has 12 heavy (non-hydrogen) atoms. The van der Waals surface area contributed by atoms with Crippen LogP contribution >= 0.6 is 11.6 Å². The number of rotatable bonds is 0. The molecule has 62 valence electrons. The molecule has 0 bridgehead atoms. The van der Waals surface area contributed by atoms with E-state index in [2.05, 4.69) is 26.1 Å². The minimum atomic E-state index is -0.390. The molecule has 7 heteroatoms. The topological polar surface area (TPSA) is 78.9 Å². The molecular weight excluding hydrogens is 182 g/mol. The summed E-state index contributed by atoms with van der Waals surface area (Å²) in [6, 6.07) is -0.390. The van der Waals surface area contributed by atoms with Gasteiger partial charge in [-0.05, 0) is 0 Å². The zero-order chi connectivity index (χ0) is 8.55. The molecule has 2 rings (SSSR count). The van der Waals surface area contributed by atoms with Crippen molar-refractivity contribution in [3.8, 4) is 0 Å². The van der Waals surface area contributed by atoms with Crippen LogP contribution in [0.1, 0.15) is 0 Å². The molecule has 0 atom stereocenters. The molecule has 0 fully saturated rings. The fraction of sp³-hybridized carbons (Fsp3) is 0. The summed E-state index contributed by atoms with van der Waals surface area (Å²) < 4.78 is 0.